The molecule has 0 saturated heterocycles. The minimum Gasteiger partial charge on any atom is -0.504 e. The molecule has 0 amide bonds. The van der Waals surface area contributed by atoms with Crippen molar-refractivity contribution in [2.75, 3.05) is 7.11 Å². The first-order valence-electron chi connectivity index (χ1n) is 5.14. The standard InChI is InChI=1S/C13H10FNO3/c1-18-13-10(3-2-4-15-13)8-5-9(7-16)12(17)11(14)6-8/h2-7,17H,1H3. The van der Waals surface area contributed by atoms with Crippen LogP contribution in [0.25, 0.3) is 11.1 Å². The van der Waals surface area contributed by atoms with Crippen LogP contribution in [0.5, 0.6) is 11.6 Å². The lowest BCUT2D eigenvalue weighted by Gasteiger charge is -2.08. The van der Waals surface area contributed by atoms with E-state index in [1.807, 2.05) is 0 Å². The Balaban J connectivity index is 2.64. The molecule has 4 nitrogen and oxygen atoms in total. The molecular formula is C13H10FNO3. The molecule has 0 aliphatic heterocycles. The van der Waals surface area contributed by atoms with Crippen LogP contribution in [0.15, 0.2) is 30.5 Å². The third-order valence-electron chi connectivity index (χ3n) is 2.50. The van der Waals surface area contributed by atoms with Crippen LogP contribution >= 0.6 is 0 Å². The first-order chi connectivity index (χ1) is 8.67. The largest absolute Gasteiger partial charge is 0.504 e. The molecule has 0 spiro atoms. The molecule has 0 aliphatic carbocycles. The number of phenolic OH excluding ortho intramolecular Hbond substituents is 1. The highest BCUT2D eigenvalue weighted by Gasteiger charge is 2.13. The second-order valence-electron chi connectivity index (χ2n) is 3.57. The fourth-order valence-electron chi connectivity index (χ4n) is 1.64. The van der Waals surface area contributed by atoms with Crippen molar-refractivity contribution in [1.29, 1.82) is 0 Å². The number of benzene rings is 1. The number of carbonyl (C=O) groups excluding carboxylic acids is 1. The van der Waals surface area contributed by atoms with E-state index in [0.717, 1.165) is 6.07 Å². The van der Waals surface area contributed by atoms with Gasteiger partial charge in [-0.25, -0.2) is 9.37 Å². The Bertz CT molecular complexity index is 599. The Morgan fingerprint density at radius 1 is 1.44 bits per heavy atom. The second kappa shape index (κ2) is 4.83. The summed E-state index contributed by atoms with van der Waals surface area (Å²) in [6.07, 6.45) is 1.94. The molecule has 0 radical (unpaired) electrons. The van der Waals surface area contributed by atoms with E-state index in [0.29, 0.717) is 23.3 Å². The van der Waals surface area contributed by atoms with Crippen LogP contribution in [0.3, 0.4) is 0 Å². The van der Waals surface area contributed by atoms with Crippen molar-refractivity contribution in [1.82, 2.24) is 4.98 Å². The number of nitrogens with zero attached hydrogens (tertiary/aromatic N) is 1. The molecule has 0 bridgehead atoms. The van der Waals surface area contributed by atoms with Gasteiger partial charge in [-0.3, -0.25) is 4.79 Å². The zero-order valence-corrected chi connectivity index (χ0v) is 9.55. The number of methoxy groups -OCH3 is 1. The quantitative estimate of drug-likeness (QED) is 0.846. The molecule has 1 aromatic carbocycles. The number of aromatic hydroxyl groups is 1. The lowest BCUT2D eigenvalue weighted by molar-refractivity contribution is 0.112. The molecule has 1 aromatic heterocycles. The minimum atomic E-state index is -0.861. The molecular weight excluding hydrogens is 237 g/mol. The Labute approximate surface area is 103 Å². The summed E-state index contributed by atoms with van der Waals surface area (Å²) in [5.74, 6) is -1.20. The Morgan fingerprint density at radius 3 is 2.89 bits per heavy atom. The summed E-state index contributed by atoms with van der Waals surface area (Å²) in [4.78, 5) is 14.7. The molecule has 18 heavy (non-hydrogen) atoms. The number of pyridine rings is 1. The fraction of sp³-hybridized carbons (Fsp3) is 0.0769. The molecule has 1 N–H and O–H groups in total. The highest BCUT2D eigenvalue weighted by atomic mass is 19.1. The van der Waals surface area contributed by atoms with Gasteiger partial charge in [0.2, 0.25) is 5.88 Å². The van der Waals surface area contributed by atoms with Crippen molar-refractivity contribution in [3.8, 4) is 22.8 Å². The summed E-state index contributed by atoms with van der Waals surface area (Å²) >= 11 is 0. The number of hydrogen-bond donors (Lipinski definition) is 1. The summed E-state index contributed by atoms with van der Waals surface area (Å²) < 4.78 is 18.5. The van der Waals surface area contributed by atoms with Gasteiger partial charge in [0.1, 0.15) is 0 Å². The van der Waals surface area contributed by atoms with Crippen molar-refractivity contribution in [3.63, 3.8) is 0 Å². The molecule has 2 aromatic rings. The van der Waals surface area contributed by atoms with Crippen LogP contribution in [0.2, 0.25) is 0 Å². The SMILES string of the molecule is COc1ncccc1-c1cc(F)c(O)c(C=O)c1. The molecule has 0 atom stereocenters. The maximum Gasteiger partial charge on any atom is 0.221 e. The van der Waals surface area contributed by atoms with Gasteiger partial charge in [-0.15, -0.1) is 0 Å². The van der Waals surface area contributed by atoms with Gasteiger partial charge < -0.3 is 9.84 Å². The first kappa shape index (κ1) is 12.0. The van der Waals surface area contributed by atoms with E-state index in [1.54, 1.807) is 18.3 Å². The number of ether oxygens (including phenoxy) is 1. The minimum absolute atomic E-state index is 0.115. The monoisotopic (exact) mass is 247 g/mol. The average molecular weight is 247 g/mol. The van der Waals surface area contributed by atoms with E-state index < -0.39 is 11.6 Å². The Morgan fingerprint density at radius 2 is 2.22 bits per heavy atom. The van der Waals surface area contributed by atoms with Gasteiger partial charge in [0.15, 0.2) is 17.9 Å². The molecule has 2 rings (SSSR count). The van der Waals surface area contributed by atoms with Crippen LogP contribution in [0, 0.1) is 5.82 Å². The third-order valence-corrected chi connectivity index (χ3v) is 2.50. The normalized spacial score (nSPS) is 10.1. The zero-order valence-electron chi connectivity index (χ0n) is 9.55. The van der Waals surface area contributed by atoms with Gasteiger partial charge in [-0.2, -0.15) is 0 Å². The van der Waals surface area contributed by atoms with Crippen LogP contribution in [-0.2, 0) is 0 Å². The summed E-state index contributed by atoms with van der Waals surface area (Å²) in [5.41, 5.74) is 0.843. The summed E-state index contributed by atoms with van der Waals surface area (Å²) in [5, 5.41) is 9.34. The van der Waals surface area contributed by atoms with Crippen LogP contribution < -0.4 is 4.74 Å². The van der Waals surface area contributed by atoms with E-state index in [2.05, 4.69) is 4.98 Å². The van der Waals surface area contributed by atoms with E-state index >= 15 is 0 Å². The molecule has 1 heterocycles. The van der Waals surface area contributed by atoms with Crippen molar-refractivity contribution in [2.24, 2.45) is 0 Å². The third kappa shape index (κ3) is 2.02. The predicted octanol–water partition coefficient (Wildman–Crippen LogP) is 2.41. The maximum absolute atomic E-state index is 13.5. The Hall–Kier alpha value is -2.43. The van der Waals surface area contributed by atoms with Gasteiger partial charge in [0.25, 0.3) is 0 Å². The topological polar surface area (TPSA) is 59.4 Å². The lowest BCUT2D eigenvalue weighted by atomic mass is 10.0. The number of rotatable bonds is 3. The summed E-state index contributed by atoms with van der Waals surface area (Å²) in [6, 6.07) is 5.86. The van der Waals surface area contributed by atoms with Gasteiger partial charge >= 0.3 is 0 Å². The second-order valence-corrected chi connectivity index (χ2v) is 3.57. The van der Waals surface area contributed by atoms with Crippen LogP contribution in [0.1, 0.15) is 10.4 Å². The first-order valence-corrected chi connectivity index (χ1v) is 5.14. The van der Waals surface area contributed by atoms with Crippen molar-refractivity contribution >= 4 is 6.29 Å². The predicted molar refractivity (Wildman–Crippen MR) is 63.2 cm³/mol. The smallest absolute Gasteiger partial charge is 0.221 e. The van der Waals surface area contributed by atoms with Crippen LogP contribution in [0.4, 0.5) is 4.39 Å². The van der Waals surface area contributed by atoms with E-state index in [4.69, 9.17) is 4.74 Å². The van der Waals surface area contributed by atoms with E-state index in [9.17, 15) is 14.3 Å². The molecule has 0 saturated carbocycles. The van der Waals surface area contributed by atoms with Crippen LogP contribution in [-0.4, -0.2) is 23.5 Å². The number of carbonyl (C=O) groups is 1. The fourth-order valence-corrected chi connectivity index (χ4v) is 1.64. The van der Waals surface area contributed by atoms with Gasteiger partial charge in [0.05, 0.1) is 12.7 Å². The molecule has 0 aliphatic rings. The average Bonchev–Trinajstić information content (AvgIpc) is 2.41. The van der Waals surface area contributed by atoms with Gasteiger partial charge in [-0.1, -0.05) is 0 Å². The number of aldehydes is 1. The zero-order chi connectivity index (χ0) is 13.1. The van der Waals surface area contributed by atoms with E-state index in [-0.39, 0.29) is 5.56 Å². The molecule has 0 fully saturated rings. The number of hydrogen-bond acceptors (Lipinski definition) is 4. The van der Waals surface area contributed by atoms with Gasteiger partial charge in [-0.05, 0) is 29.8 Å². The maximum atomic E-state index is 13.5. The molecule has 92 valence electrons. The summed E-state index contributed by atoms with van der Waals surface area (Å²) in [7, 11) is 1.45. The number of aromatic nitrogens is 1. The van der Waals surface area contributed by atoms with Crippen molar-refractivity contribution in [2.45, 2.75) is 0 Å². The van der Waals surface area contributed by atoms with E-state index in [1.165, 1.54) is 13.2 Å². The molecule has 0 unspecified atom stereocenters. The number of halogens is 1. The number of phenols is 1. The highest BCUT2D eigenvalue weighted by Crippen LogP contribution is 2.32. The van der Waals surface area contributed by atoms with Crippen molar-refractivity contribution < 1.29 is 19.0 Å². The highest BCUT2D eigenvalue weighted by molar-refractivity contribution is 5.83. The van der Waals surface area contributed by atoms with Crippen molar-refractivity contribution in [3.05, 3.63) is 41.8 Å². The molecule has 5 heteroatoms. The van der Waals surface area contributed by atoms with Gasteiger partial charge in [0, 0.05) is 11.8 Å². The lowest BCUT2D eigenvalue weighted by Crippen LogP contribution is -1.93. The Kier molecular flexibility index (Phi) is 3.23. The summed E-state index contributed by atoms with van der Waals surface area (Å²) in [6.45, 7) is 0.